The van der Waals surface area contributed by atoms with Crippen LogP contribution in [0.3, 0.4) is 0 Å². The van der Waals surface area contributed by atoms with Crippen molar-refractivity contribution in [3.8, 4) is 0 Å². The van der Waals surface area contributed by atoms with E-state index in [1.807, 2.05) is 6.20 Å². The van der Waals surface area contributed by atoms with Crippen molar-refractivity contribution in [2.24, 2.45) is 0 Å². The second-order valence-electron chi connectivity index (χ2n) is 8.44. The summed E-state index contributed by atoms with van der Waals surface area (Å²) in [5, 5.41) is 3.41. The van der Waals surface area contributed by atoms with Crippen molar-refractivity contribution >= 4 is 11.5 Å². The molecule has 0 spiro atoms. The number of hydrogen-bond acceptors (Lipinski definition) is 5. The molecule has 1 N–H and O–H groups in total. The minimum atomic E-state index is 0.374. The Morgan fingerprint density at radius 2 is 2.14 bits per heavy atom. The summed E-state index contributed by atoms with van der Waals surface area (Å²) in [5.41, 5.74) is 4.80. The van der Waals surface area contributed by atoms with Gasteiger partial charge in [0.15, 0.2) is 0 Å². The zero-order valence-electron chi connectivity index (χ0n) is 17.4. The third-order valence-corrected chi connectivity index (χ3v) is 6.55. The molecule has 1 fully saturated rings. The molecule has 0 radical (unpaired) electrons. The van der Waals surface area contributed by atoms with Gasteiger partial charge >= 0.3 is 0 Å². The predicted molar refractivity (Wildman–Crippen MR) is 116 cm³/mol. The molecule has 0 amide bonds. The fourth-order valence-electron chi connectivity index (χ4n) is 4.96. The Labute approximate surface area is 172 Å². The van der Waals surface area contributed by atoms with Gasteiger partial charge < -0.3 is 10.2 Å². The van der Waals surface area contributed by atoms with Gasteiger partial charge in [0.2, 0.25) is 0 Å². The van der Waals surface area contributed by atoms with Crippen LogP contribution in [0.4, 0.5) is 5.82 Å². The third kappa shape index (κ3) is 3.51. The van der Waals surface area contributed by atoms with Crippen LogP contribution < -0.4 is 10.2 Å². The topological polar surface area (TPSA) is 48.7 Å². The summed E-state index contributed by atoms with van der Waals surface area (Å²) in [6.07, 6.45) is 8.87. The van der Waals surface area contributed by atoms with E-state index in [0.29, 0.717) is 12.1 Å². The van der Waals surface area contributed by atoms with Gasteiger partial charge in [0.05, 0.1) is 17.4 Å². The van der Waals surface area contributed by atoms with E-state index in [2.05, 4.69) is 70.1 Å². The van der Waals surface area contributed by atoms with E-state index in [1.54, 1.807) is 0 Å². The zero-order chi connectivity index (χ0) is 19.8. The Morgan fingerprint density at radius 1 is 1.21 bits per heavy atom. The van der Waals surface area contributed by atoms with Gasteiger partial charge in [-0.3, -0.25) is 14.3 Å². The Balaban J connectivity index is 1.39. The summed E-state index contributed by atoms with van der Waals surface area (Å²) in [6, 6.07) is 11.7. The number of hydrogen-bond donors (Lipinski definition) is 1. The fraction of sp³-hybridized carbons (Fsp3) is 0.478. The molecule has 0 aromatic carbocycles. The summed E-state index contributed by atoms with van der Waals surface area (Å²) >= 11 is 0. The van der Waals surface area contributed by atoms with Crippen LogP contribution in [0.5, 0.6) is 0 Å². The maximum atomic E-state index is 4.93. The highest BCUT2D eigenvalue weighted by Gasteiger charge is 2.26. The largest absolute Gasteiger partial charge is 0.356 e. The fourth-order valence-corrected chi connectivity index (χ4v) is 4.96. The van der Waals surface area contributed by atoms with Crippen molar-refractivity contribution in [3.05, 3.63) is 59.7 Å². The average Bonchev–Trinajstić information content (AvgIpc) is 3.39. The number of pyridine rings is 2. The molecule has 6 nitrogen and oxygen atoms in total. The smallest absolute Gasteiger partial charge is 0.138 e. The number of aromatic nitrogens is 3. The summed E-state index contributed by atoms with van der Waals surface area (Å²) < 4.78 is 2.26. The van der Waals surface area contributed by atoms with Crippen LogP contribution in [-0.2, 0) is 13.0 Å². The molecule has 6 heteroatoms. The zero-order valence-corrected chi connectivity index (χ0v) is 17.4. The van der Waals surface area contributed by atoms with Crippen molar-refractivity contribution in [1.82, 2.24) is 24.6 Å². The lowest BCUT2D eigenvalue weighted by Gasteiger charge is -2.31. The van der Waals surface area contributed by atoms with Crippen molar-refractivity contribution in [1.29, 1.82) is 0 Å². The Morgan fingerprint density at radius 3 is 3.00 bits per heavy atom. The summed E-state index contributed by atoms with van der Waals surface area (Å²) in [5.74, 6) is 1.24. The minimum absolute atomic E-state index is 0.374. The molecule has 3 aromatic rings. The van der Waals surface area contributed by atoms with Gasteiger partial charge in [-0.05, 0) is 63.5 Å². The average molecular weight is 391 g/mol. The van der Waals surface area contributed by atoms with E-state index >= 15 is 0 Å². The molecule has 0 saturated carbocycles. The maximum Gasteiger partial charge on any atom is 0.138 e. The standard InChI is InChI=1S/C23H30N6/c1-24-18-11-13-28(15-18)22-10-4-9-21-26-19(16-29(21)22)14-27(2)20-8-3-6-17-7-5-12-25-23(17)20/h4-5,7,9-10,12,16,18,20,24H,3,6,8,11,13-15H2,1-2H3/t18-,20+/m1/s1. The van der Waals surface area contributed by atoms with Crippen LogP contribution in [-0.4, -0.2) is 52.5 Å². The van der Waals surface area contributed by atoms with Gasteiger partial charge in [-0.2, -0.15) is 0 Å². The van der Waals surface area contributed by atoms with E-state index in [9.17, 15) is 0 Å². The normalized spacial score (nSPS) is 21.8. The molecule has 152 valence electrons. The monoisotopic (exact) mass is 390 g/mol. The molecule has 1 aliphatic heterocycles. The second-order valence-corrected chi connectivity index (χ2v) is 8.44. The SMILES string of the molecule is CN[C@@H]1CCN(c2cccc3nc(CN(C)[C@H]4CCCc5cccnc54)cn23)C1. The molecule has 29 heavy (non-hydrogen) atoms. The lowest BCUT2D eigenvalue weighted by molar-refractivity contribution is 0.206. The molecule has 5 rings (SSSR count). The molecular weight excluding hydrogens is 360 g/mol. The van der Waals surface area contributed by atoms with Crippen LogP contribution in [0.2, 0.25) is 0 Å². The first-order chi connectivity index (χ1) is 14.2. The number of likely N-dealkylation sites (N-methyl/N-ethyl adjacent to an activating group) is 1. The molecule has 2 aliphatic rings. The van der Waals surface area contributed by atoms with Gasteiger partial charge in [0.25, 0.3) is 0 Å². The first-order valence-electron chi connectivity index (χ1n) is 10.8. The lowest BCUT2D eigenvalue weighted by atomic mass is 9.91. The Kier molecular flexibility index (Phi) is 4.97. The van der Waals surface area contributed by atoms with E-state index in [4.69, 9.17) is 9.97 Å². The van der Waals surface area contributed by atoms with Crippen molar-refractivity contribution in [2.75, 3.05) is 32.1 Å². The van der Waals surface area contributed by atoms with Gasteiger partial charge in [-0.15, -0.1) is 0 Å². The van der Waals surface area contributed by atoms with Gasteiger partial charge in [-0.1, -0.05) is 12.1 Å². The van der Waals surface area contributed by atoms with Crippen LogP contribution in [0.1, 0.15) is 42.3 Å². The highest BCUT2D eigenvalue weighted by Crippen LogP contribution is 2.32. The van der Waals surface area contributed by atoms with Crippen molar-refractivity contribution in [3.63, 3.8) is 0 Å². The van der Waals surface area contributed by atoms with E-state index in [-0.39, 0.29) is 0 Å². The Bertz CT molecular complexity index is 996. The van der Waals surface area contributed by atoms with Crippen LogP contribution in [0, 0.1) is 0 Å². The highest BCUT2D eigenvalue weighted by molar-refractivity contribution is 5.53. The van der Waals surface area contributed by atoms with Crippen molar-refractivity contribution < 1.29 is 0 Å². The number of nitrogens with one attached hydrogen (secondary N) is 1. The van der Waals surface area contributed by atoms with Crippen LogP contribution in [0.15, 0.2) is 42.7 Å². The highest BCUT2D eigenvalue weighted by atomic mass is 15.3. The quantitative estimate of drug-likeness (QED) is 0.726. The number of anilines is 1. The van der Waals surface area contributed by atoms with E-state index in [0.717, 1.165) is 43.8 Å². The van der Waals surface area contributed by atoms with Crippen LogP contribution in [0.25, 0.3) is 5.65 Å². The van der Waals surface area contributed by atoms with E-state index < -0.39 is 0 Å². The lowest BCUT2D eigenvalue weighted by Crippen LogP contribution is -2.30. The maximum absolute atomic E-state index is 4.93. The number of imidazole rings is 1. The van der Waals surface area contributed by atoms with Gasteiger partial charge in [0, 0.05) is 38.1 Å². The molecule has 3 aromatic heterocycles. The van der Waals surface area contributed by atoms with Crippen molar-refractivity contribution in [2.45, 2.75) is 44.3 Å². The molecule has 0 unspecified atom stereocenters. The van der Waals surface area contributed by atoms with Gasteiger partial charge in [0.1, 0.15) is 11.5 Å². The second kappa shape index (κ2) is 7.76. The van der Waals surface area contributed by atoms with E-state index in [1.165, 1.54) is 29.9 Å². The number of fused-ring (bicyclic) bond motifs is 2. The van der Waals surface area contributed by atoms with Gasteiger partial charge in [-0.25, -0.2) is 4.98 Å². The minimum Gasteiger partial charge on any atom is -0.356 e. The third-order valence-electron chi connectivity index (χ3n) is 6.55. The molecule has 4 heterocycles. The molecule has 0 bridgehead atoms. The number of rotatable bonds is 5. The summed E-state index contributed by atoms with van der Waals surface area (Å²) in [6.45, 7) is 2.97. The predicted octanol–water partition coefficient (Wildman–Crippen LogP) is 3.04. The van der Waals surface area contributed by atoms with Crippen LogP contribution >= 0.6 is 0 Å². The molecule has 1 aliphatic carbocycles. The molecule has 1 saturated heterocycles. The molecule has 2 atom stereocenters. The number of nitrogens with zero attached hydrogens (tertiary/aromatic N) is 5. The summed E-state index contributed by atoms with van der Waals surface area (Å²) in [4.78, 5) is 14.5. The Hall–Kier alpha value is -2.44. The number of aryl methyl sites for hydroxylation is 1. The summed E-state index contributed by atoms with van der Waals surface area (Å²) in [7, 11) is 4.26. The first-order valence-corrected chi connectivity index (χ1v) is 10.8. The molecular formula is C23H30N6. The first kappa shape index (κ1) is 18.6.